The molecule has 6 nitrogen and oxygen atoms in total. The van der Waals surface area contributed by atoms with E-state index in [9.17, 15) is 9.90 Å². The number of nitrogens with zero attached hydrogens (tertiary/aromatic N) is 4. The minimum atomic E-state index is -0.391. The second-order valence-electron chi connectivity index (χ2n) is 7.20. The highest BCUT2D eigenvalue weighted by atomic mass is 32.2. The molecule has 0 radical (unpaired) electrons. The predicted octanol–water partition coefficient (Wildman–Crippen LogP) is 5.52. The number of phenols is 1. The molecule has 4 rings (SSSR count). The predicted molar refractivity (Wildman–Crippen MR) is 128 cm³/mol. The van der Waals surface area contributed by atoms with E-state index < -0.39 is 5.25 Å². The highest BCUT2D eigenvalue weighted by Gasteiger charge is 2.26. The molecule has 1 aromatic heterocycles. The average molecular weight is 445 g/mol. The monoisotopic (exact) mass is 444 g/mol. The van der Waals surface area contributed by atoms with Gasteiger partial charge in [-0.1, -0.05) is 48.2 Å². The van der Waals surface area contributed by atoms with Crippen molar-refractivity contribution in [3.8, 4) is 17.1 Å². The van der Waals surface area contributed by atoms with Gasteiger partial charge in [0.1, 0.15) is 5.75 Å². The first-order valence-corrected chi connectivity index (χ1v) is 11.3. The SMILES string of the molecule is CCn1c(SC(C)C(=O)N(c2ccccc2)c2ccccc2)nnc1-c1ccc(O)cc1. The van der Waals surface area contributed by atoms with Crippen molar-refractivity contribution in [3.05, 3.63) is 84.9 Å². The Kier molecular flexibility index (Phi) is 6.56. The van der Waals surface area contributed by atoms with Crippen molar-refractivity contribution in [2.24, 2.45) is 0 Å². The van der Waals surface area contributed by atoms with Gasteiger partial charge in [0, 0.05) is 23.5 Å². The number of hydrogen-bond acceptors (Lipinski definition) is 5. The van der Waals surface area contributed by atoms with Gasteiger partial charge in [0.15, 0.2) is 11.0 Å². The second kappa shape index (κ2) is 9.70. The first-order chi connectivity index (χ1) is 15.6. The van der Waals surface area contributed by atoms with Gasteiger partial charge in [-0.15, -0.1) is 10.2 Å². The van der Waals surface area contributed by atoms with E-state index in [1.807, 2.05) is 79.1 Å². The quantitative estimate of drug-likeness (QED) is 0.380. The van der Waals surface area contributed by atoms with Gasteiger partial charge in [-0.3, -0.25) is 9.69 Å². The van der Waals surface area contributed by atoms with Gasteiger partial charge in [-0.25, -0.2) is 0 Å². The Labute approximate surface area is 191 Å². The Morgan fingerprint density at radius 2 is 1.50 bits per heavy atom. The van der Waals surface area contributed by atoms with Gasteiger partial charge < -0.3 is 9.67 Å². The first-order valence-electron chi connectivity index (χ1n) is 10.4. The van der Waals surface area contributed by atoms with Crippen molar-refractivity contribution < 1.29 is 9.90 Å². The summed E-state index contributed by atoms with van der Waals surface area (Å²) in [6.07, 6.45) is 0. The largest absolute Gasteiger partial charge is 0.508 e. The lowest BCUT2D eigenvalue weighted by atomic mass is 10.2. The van der Waals surface area contributed by atoms with E-state index in [0.717, 1.165) is 16.9 Å². The molecule has 3 aromatic carbocycles. The molecule has 0 aliphatic heterocycles. The fraction of sp³-hybridized carbons (Fsp3) is 0.160. The summed E-state index contributed by atoms with van der Waals surface area (Å²) in [4.78, 5) is 15.3. The molecule has 0 bridgehead atoms. The van der Waals surface area contributed by atoms with Crippen LogP contribution in [0, 0.1) is 0 Å². The van der Waals surface area contributed by atoms with Crippen LogP contribution in [0.1, 0.15) is 13.8 Å². The number of aromatic hydroxyl groups is 1. The third kappa shape index (κ3) is 4.53. The number of hydrogen-bond donors (Lipinski definition) is 1. The molecule has 4 aromatic rings. The molecular formula is C25H24N4O2S. The lowest BCUT2D eigenvalue weighted by molar-refractivity contribution is -0.117. The zero-order chi connectivity index (χ0) is 22.5. The molecule has 7 heteroatoms. The minimum Gasteiger partial charge on any atom is -0.508 e. The van der Waals surface area contributed by atoms with E-state index >= 15 is 0 Å². The van der Waals surface area contributed by atoms with Crippen molar-refractivity contribution in [3.63, 3.8) is 0 Å². The smallest absolute Gasteiger partial charge is 0.244 e. The molecule has 0 saturated carbocycles. The molecule has 1 N–H and O–H groups in total. The van der Waals surface area contributed by atoms with Crippen LogP contribution in [0.3, 0.4) is 0 Å². The van der Waals surface area contributed by atoms with Crippen LogP contribution in [0.4, 0.5) is 11.4 Å². The van der Waals surface area contributed by atoms with Crippen LogP contribution in [0.2, 0.25) is 0 Å². The normalized spacial score (nSPS) is 11.8. The number of anilines is 2. The van der Waals surface area contributed by atoms with Crippen molar-refractivity contribution in [2.75, 3.05) is 4.90 Å². The lowest BCUT2D eigenvalue weighted by Gasteiger charge is -2.25. The molecule has 1 heterocycles. The molecule has 0 aliphatic carbocycles. The molecule has 1 atom stereocenters. The summed E-state index contributed by atoms with van der Waals surface area (Å²) in [6, 6.07) is 26.2. The summed E-state index contributed by atoms with van der Waals surface area (Å²) >= 11 is 1.39. The summed E-state index contributed by atoms with van der Waals surface area (Å²) in [6.45, 7) is 4.57. The van der Waals surface area contributed by atoms with E-state index in [2.05, 4.69) is 10.2 Å². The Balaban J connectivity index is 1.62. The number of phenolic OH excluding ortho intramolecular Hbond substituents is 1. The van der Waals surface area contributed by atoms with Crippen LogP contribution in [0.15, 0.2) is 90.1 Å². The summed E-state index contributed by atoms with van der Waals surface area (Å²) < 4.78 is 1.98. The van der Waals surface area contributed by atoms with E-state index in [-0.39, 0.29) is 11.7 Å². The molecule has 162 valence electrons. The van der Waals surface area contributed by atoms with Crippen LogP contribution in [-0.4, -0.2) is 31.0 Å². The van der Waals surface area contributed by atoms with Crippen LogP contribution in [-0.2, 0) is 11.3 Å². The molecule has 1 amide bonds. The molecule has 0 spiro atoms. The van der Waals surface area contributed by atoms with Crippen LogP contribution in [0.25, 0.3) is 11.4 Å². The Morgan fingerprint density at radius 3 is 2.03 bits per heavy atom. The maximum atomic E-state index is 13.6. The number of carbonyl (C=O) groups excluding carboxylic acids is 1. The Hall–Kier alpha value is -3.58. The van der Waals surface area contributed by atoms with E-state index in [1.54, 1.807) is 29.2 Å². The van der Waals surface area contributed by atoms with E-state index in [0.29, 0.717) is 17.5 Å². The van der Waals surface area contributed by atoms with E-state index in [4.69, 9.17) is 0 Å². The highest BCUT2D eigenvalue weighted by Crippen LogP contribution is 2.32. The van der Waals surface area contributed by atoms with Crippen molar-refractivity contribution in [1.82, 2.24) is 14.8 Å². The zero-order valence-electron chi connectivity index (χ0n) is 17.9. The minimum absolute atomic E-state index is 0.0377. The average Bonchev–Trinajstić information content (AvgIpc) is 3.23. The fourth-order valence-corrected chi connectivity index (χ4v) is 4.39. The van der Waals surface area contributed by atoms with Gasteiger partial charge in [-0.2, -0.15) is 0 Å². The molecular weight excluding hydrogens is 420 g/mol. The first kappa shape index (κ1) is 21.6. The maximum Gasteiger partial charge on any atom is 0.244 e. The van der Waals surface area contributed by atoms with Crippen LogP contribution in [0.5, 0.6) is 5.75 Å². The summed E-state index contributed by atoms with van der Waals surface area (Å²) in [5.41, 5.74) is 2.49. The molecule has 0 saturated heterocycles. The van der Waals surface area contributed by atoms with Gasteiger partial charge >= 0.3 is 0 Å². The highest BCUT2D eigenvalue weighted by molar-refractivity contribution is 8.00. The number of thioether (sulfide) groups is 1. The summed E-state index contributed by atoms with van der Waals surface area (Å²) in [7, 11) is 0. The summed E-state index contributed by atoms with van der Waals surface area (Å²) in [5.74, 6) is 0.869. The fourth-order valence-electron chi connectivity index (χ4n) is 3.43. The number of aromatic nitrogens is 3. The standard InChI is InChI=1S/C25H24N4O2S/c1-3-28-23(19-14-16-22(30)17-15-19)26-27-25(28)32-18(2)24(31)29(20-10-6-4-7-11-20)21-12-8-5-9-13-21/h4-18,30H,3H2,1-2H3. The lowest BCUT2D eigenvalue weighted by Crippen LogP contribution is -2.33. The summed E-state index contributed by atoms with van der Waals surface area (Å²) in [5, 5.41) is 18.6. The molecule has 1 unspecified atom stereocenters. The number of benzene rings is 3. The number of rotatable bonds is 7. The molecule has 0 fully saturated rings. The van der Waals surface area contributed by atoms with Crippen molar-refractivity contribution in [2.45, 2.75) is 30.8 Å². The Bertz CT molecular complexity index is 1140. The number of para-hydroxylation sites is 2. The van der Waals surface area contributed by atoms with E-state index in [1.165, 1.54) is 11.8 Å². The molecule has 0 aliphatic rings. The van der Waals surface area contributed by atoms with Crippen LogP contribution < -0.4 is 4.90 Å². The van der Waals surface area contributed by atoms with Gasteiger partial charge in [0.2, 0.25) is 5.91 Å². The second-order valence-corrected chi connectivity index (χ2v) is 8.51. The van der Waals surface area contributed by atoms with Crippen molar-refractivity contribution in [1.29, 1.82) is 0 Å². The topological polar surface area (TPSA) is 71.2 Å². The zero-order valence-corrected chi connectivity index (χ0v) is 18.7. The molecule has 32 heavy (non-hydrogen) atoms. The number of amides is 1. The third-order valence-corrected chi connectivity index (χ3v) is 6.11. The van der Waals surface area contributed by atoms with Gasteiger partial charge in [0.25, 0.3) is 0 Å². The van der Waals surface area contributed by atoms with Gasteiger partial charge in [-0.05, 0) is 62.4 Å². The number of carbonyl (C=O) groups is 1. The maximum absolute atomic E-state index is 13.6. The third-order valence-electron chi connectivity index (χ3n) is 5.04. The van der Waals surface area contributed by atoms with Gasteiger partial charge in [0.05, 0.1) is 5.25 Å². The van der Waals surface area contributed by atoms with Crippen LogP contribution >= 0.6 is 11.8 Å². The Morgan fingerprint density at radius 1 is 0.938 bits per heavy atom. The van der Waals surface area contributed by atoms with Crippen molar-refractivity contribution >= 4 is 29.0 Å².